The van der Waals surface area contributed by atoms with Gasteiger partial charge in [-0.25, -0.2) is 4.99 Å². The quantitative estimate of drug-likeness (QED) is 0.221. The molecule has 3 heterocycles. The van der Waals surface area contributed by atoms with Crippen molar-refractivity contribution in [2.24, 2.45) is 4.99 Å². The van der Waals surface area contributed by atoms with Gasteiger partial charge in [0.2, 0.25) is 5.96 Å². The van der Waals surface area contributed by atoms with Gasteiger partial charge in [0.1, 0.15) is 0 Å². The Labute approximate surface area is 259 Å². The smallest absolute Gasteiger partial charge is 0.208 e. The van der Waals surface area contributed by atoms with E-state index in [-0.39, 0.29) is 6.04 Å². The first kappa shape index (κ1) is 25.1. The summed E-state index contributed by atoms with van der Waals surface area (Å²) in [6.07, 6.45) is 4.16. The van der Waals surface area contributed by atoms with Crippen molar-refractivity contribution < 1.29 is 0 Å². The van der Waals surface area contributed by atoms with Crippen LogP contribution in [0, 0.1) is 0 Å². The van der Waals surface area contributed by atoms with Gasteiger partial charge >= 0.3 is 0 Å². The number of fused-ring (bicyclic) bond motifs is 7. The maximum absolute atomic E-state index is 5.26. The van der Waals surface area contributed by atoms with Crippen molar-refractivity contribution in [1.82, 2.24) is 9.88 Å². The van der Waals surface area contributed by atoms with Crippen LogP contribution in [0.3, 0.4) is 0 Å². The van der Waals surface area contributed by atoms with Crippen LogP contribution >= 0.6 is 11.3 Å². The summed E-state index contributed by atoms with van der Waals surface area (Å²) in [5.41, 5.74) is 8.34. The van der Waals surface area contributed by atoms with Crippen LogP contribution in [0.2, 0.25) is 0 Å². The van der Waals surface area contributed by atoms with Crippen LogP contribution < -0.4 is 5.32 Å². The van der Waals surface area contributed by atoms with E-state index in [1.54, 1.807) is 0 Å². The van der Waals surface area contributed by atoms with E-state index >= 15 is 0 Å². The molecule has 6 aromatic carbocycles. The second kappa shape index (κ2) is 10.1. The molecule has 44 heavy (non-hydrogen) atoms. The number of nitrogens with one attached hydrogen (secondary N) is 1. The molecule has 0 amide bonds. The van der Waals surface area contributed by atoms with E-state index in [4.69, 9.17) is 4.99 Å². The number of aromatic nitrogens is 1. The zero-order valence-corrected chi connectivity index (χ0v) is 24.6. The molecule has 1 N–H and O–H groups in total. The molecule has 2 aromatic heterocycles. The summed E-state index contributed by atoms with van der Waals surface area (Å²) in [6.45, 7) is 0. The van der Waals surface area contributed by atoms with Crippen molar-refractivity contribution in [3.8, 4) is 22.3 Å². The summed E-state index contributed by atoms with van der Waals surface area (Å²) in [4.78, 5) is 5.26. The van der Waals surface area contributed by atoms with Crippen molar-refractivity contribution in [2.75, 3.05) is 0 Å². The first-order valence-electron chi connectivity index (χ1n) is 14.9. The third-order valence-electron chi connectivity index (χ3n) is 8.70. The third kappa shape index (κ3) is 3.99. The molecular formula is C40H27N3S. The lowest BCUT2D eigenvalue weighted by molar-refractivity contribution is 0.851. The fourth-order valence-electron chi connectivity index (χ4n) is 6.58. The highest BCUT2D eigenvalue weighted by Gasteiger charge is 2.21. The first-order chi connectivity index (χ1) is 21.8. The molecule has 1 atom stereocenters. The van der Waals surface area contributed by atoms with E-state index in [2.05, 4.69) is 155 Å². The predicted molar refractivity (Wildman–Crippen MR) is 187 cm³/mol. The average molecular weight is 582 g/mol. The van der Waals surface area contributed by atoms with Gasteiger partial charge < -0.3 is 5.32 Å². The maximum Gasteiger partial charge on any atom is 0.208 e. The molecule has 0 spiro atoms. The van der Waals surface area contributed by atoms with Gasteiger partial charge in [0.15, 0.2) is 0 Å². The lowest BCUT2D eigenvalue weighted by atomic mass is 9.97. The van der Waals surface area contributed by atoms with Crippen molar-refractivity contribution >= 4 is 59.3 Å². The Balaban J connectivity index is 1.11. The summed E-state index contributed by atoms with van der Waals surface area (Å²) in [7, 11) is 0. The number of aliphatic imine (C=N–C) groups is 1. The normalized spacial score (nSPS) is 14.8. The molecule has 0 fully saturated rings. The van der Waals surface area contributed by atoms with Crippen LogP contribution in [0.4, 0.5) is 0 Å². The largest absolute Gasteiger partial charge is 0.332 e. The molecule has 3 nitrogen and oxygen atoms in total. The van der Waals surface area contributed by atoms with Crippen molar-refractivity contribution in [2.45, 2.75) is 6.04 Å². The number of rotatable bonds is 3. The van der Waals surface area contributed by atoms with Gasteiger partial charge in [0.05, 0.1) is 17.1 Å². The summed E-state index contributed by atoms with van der Waals surface area (Å²) >= 11 is 1.87. The van der Waals surface area contributed by atoms with Crippen LogP contribution in [0.5, 0.6) is 0 Å². The highest BCUT2D eigenvalue weighted by atomic mass is 32.1. The minimum atomic E-state index is -0.0831. The molecular weight excluding hydrogens is 555 g/mol. The van der Waals surface area contributed by atoms with Gasteiger partial charge in [0.25, 0.3) is 0 Å². The van der Waals surface area contributed by atoms with Gasteiger partial charge in [0, 0.05) is 37.1 Å². The number of hydrogen-bond donors (Lipinski definition) is 1. The highest BCUT2D eigenvalue weighted by Crippen LogP contribution is 2.42. The summed E-state index contributed by atoms with van der Waals surface area (Å²) in [6, 6.07) is 50.0. The number of thiophene rings is 1. The molecule has 1 unspecified atom stereocenters. The fourth-order valence-corrected chi connectivity index (χ4v) is 7.84. The number of hydrogen-bond acceptors (Lipinski definition) is 3. The Morgan fingerprint density at radius 3 is 2.11 bits per heavy atom. The Morgan fingerprint density at radius 2 is 1.27 bits per heavy atom. The van der Waals surface area contributed by atoms with Crippen LogP contribution in [0.15, 0.2) is 157 Å². The first-order valence-corrected chi connectivity index (χ1v) is 15.7. The third-order valence-corrected chi connectivity index (χ3v) is 9.90. The SMILES string of the molecule is C1=CC(c2ccc(-c3cccc(-c4ccccc4)c3)cc2)N=C(n2c3ccccc3c3c4sc5ccccc5c4ccc32)N1. The topological polar surface area (TPSA) is 29.3 Å². The monoisotopic (exact) mass is 581 g/mol. The van der Waals surface area contributed by atoms with Crippen molar-refractivity contribution in [3.05, 3.63) is 157 Å². The van der Waals surface area contributed by atoms with E-state index < -0.39 is 0 Å². The maximum atomic E-state index is 5.26. The Hall–Kier alpha value is -5.45. The standard InChI is InChI=1S/C40H27N3S/c1-2-9-26(10-3-1)29-11-8-12-30(25-29)27-17-19-28(20-18-27)34-23-24-41-40(42-34)43-35-15-6-4-14-33(35)38-36(43)22-21-32-31-13-5-7-16-37(31)44-39(32)38/h1-25,34H,(H,41,42). The minimum Gasteiger partial charge on any atom is -0.332 e. The van der Waals surface area contributed by atoms with Crippen molar-refractivity contribution in [3.63, 3.8) is 0 Å². The molecule has 0 aliphatic carbocycles. The lowest BCUT2D eigenvalue weighted by Crippen LogP contribution is -2.29. The highest BCUT2D eigenvalue weighted by molar-refractivity contribution is 7.26. The van der Waals surface area contributed by atoms with Crippen LogP contribution in [-0.2, 0) is 0 Å². The molecule has 0 saturated heterocycles. The molecule has 8 aromatic rings. The summed E-state index contributed by atoms with van der Waals surface area (Å²) < 4.78 is 4.93. The van der Waals surface area contributed by atoms with Gasteiger partial charge in [-0.2, -0.15) is 0 Å². The number of benzene rings is 6. The van der Waals surface area contributed by atoms with E-state index in [0.717, 1.165) is 17.0 Å². The second-order valence-corrected chi connectivity index (χ2v) is 12.3. The number of nitrogens with zero attached hydrogens (tertiary/aromatic N) is 2. The predicted octanol–water partition coefficient (Wildman–Crippen LogP) is 10.6. The molecule has 0 radical (unpaired) electrons. The lowest BCUT2D eigenvalue weighted by Gasteiger charge is -2.19. The molecule has 208 valence electrons. The number of para-hydroxylation sites is 1. The molecule has 4 heteroatoms. The molecule has 1 aliphatic heterocycles. The van der Waals surface area contributed by atoms with Gasteiger partial charge in [-0.05, 0) is 58.2 Å². The Kier molecular flexibility index (Phi) is 5.75. The van der Waals surface area contributed by atoms with E-state index in [0.29, 0.717) is 0 Å². The fraction of sp³-hybridized carbons (Fsp3) is 0.0250. The molecule has 1 aliphatic rings. The van der Waals surface area contributed by atoms with Crippen LogP contribution in [-0.4, -0.2) is 10.5 Å². The average Bonchev–Trinajstić information content (AvgIpc) is 3.65. The second-order valence-electron chi connectivity index (χ2n) is 11.3. The van der Waals surface area contributed by atoms with E-state index in [1.807, 2.05) is 17.5 Å². The zero-order valence-electron chi connectivity index (χ0n) is 23.8. The minimum absolute atomic E-state index is 0.0831. The zero-order chi connectivity index (χ0) is 29.0. The molecule has 0 saturated carbocycles. The van der Waals surface area contributed by atoms with Crippen LogP contribution in [0.1, 0.15) is 11.6 Å². The summed E-state index contributed by atoms with van der Waals surface area (Å²) in [5.74, 6) is 0.837. The molecule has 9 rings (SSSR count). The summed E-state index contributed by atoms with van der Waals surface area (Å²) in [5, 5.41) is 8.64. The van der Waals surface area contributed by atoms with Crippen molar-refractivity contribution in [1.29, 1.82) is 0 Å². The van der Waals surface area contributed by atoms with Gasteiger partial charge in [-0.1, -0.05) is 115 Å². The van der Waals surface area contributed by atoms with Gasteiger partial charge in [-0.15, -0.1) is 11.3 Å². The van der Waals surface area contributed by atoms with Crippen LogP contribution in [0.25, 0.3) is 64.2 Å². The van der Waals surface area contributed by atoms with E-state index in [1.165, 1.54) is 58.7 Å². The molecule has 0 bridgehead atoms. The Bertz CT molecular complexity index is 2410. The Morgan fingerprint density at radius 1 is 0.568 bits per heavy atom. The van der Waals surface area contributed by atoms with E-state index in [9.17, 15) is 0 Å². The van der Waals surface area contributed by atoms with Gasteiger partial charge in [-0.3, -0.25) is 4.57 Å².